The van der Waals surface area contributed by atoms with Gasteiger partial charge in [-0.15, -0.1) is 0 Å². The van der Waals surface area contributed by atoms with E-state index in [0.29, 0.717) is 22.8 Å². The van der Waals surface area contributed by atoms with Crippen molar-refractivity contribution in [1.82, 2.24) is 9.97 Å². The minimum Gasteiger partial charge on any atom is -0.324 e. The molecule has 2 N–H and O–H groups in total. The van der Waals surface area contributed by atoms with Gasteiger partial charge in [-0.25, -0.2) is 9.97 Å². The summed E-state index contributed by atoms with van der Waals surface area (Å²) in [6.07, 6.45) is 2.98. The average molecular weight is 399 g/mol. The third kappa shape index (κ3) is 4.81. The number of hydrogen-bond acceptors (Lipinski definition) is 5. The number of carbonyl (C=O) groups excluding carboxylic acids is 1. The minimum absolute atomic E-state index is 0.247. The molecule has 3 aromatic rings. The summed E-state index contributed by atoms with van der Waals surface area (Å²) in [5.74, 6) is 0.673. The van der Waals surface area contributed by atoms with Gasteiger partial charge in [-0.05, 0) is 41.2 Å². The molecule has 0 saturated heterocycles. The Kier molecular flexibility index (Phi) is 6.43. The van der Waals surface area contributed by atoms with Crippen LogP contribution in [0.15, 0.2) is 54.9 Å². The molecule has 1 amide bonds. The van der Waals surface area contributed by atoms with Crippen molar-refractivity contribution in [3.05, 3.63) is 77.1 Å². The molecule has 2 aromatic carbocycles. The van der Waals surface area contributed by atoms with E-state index in [-0.39, 0.29) is 17.7 Å². The Morgan fingerprint density at radius 3 is 2.13 bits per heavy atom. The summed E-state index contributed by atoms with van der Waals surface area (Å²) >= 11 is 0. The van der Waals surface area contributed by atoms with E-state index in [0.717, 1.165) is 16.8 Å². The van der Waals surface area contributed by atoms with Crippen LogP contribution in [0.4, 0.5) is 17.3 Å². The monoisotopic (exact) mass is 399 g/mol. The number of nitrogens with zero attached hydrogens (tertiary/aromatic N) is 3. The number of aromatic nitrogens is 2. The van der Waals surface area contributed by atoms with Crippen molar-refractivity contribution < 1.29 is 4.79 Å². The standard InChI is InChI=1S/C24H25N5O/c1-15(2)20-9-6-10-21(16(3)4)22(20)29-23(30)18-13-26-24(27-14-18)28-19-8-5-7-17(11-19)12-25/h5-11,13-16H,1-4H3,(H,29,30)(H,26,27,28). The van der Waals surface area contributed by atoms with Crippen LogP contribution in [-0.4, -0.2) is 15.9 Å². The first-order chi connectivity index (χ1) is 14.4. The highest BCUT2D eigenvalue weighted by atomic mass is 16.1. The van der Waals surface area contributed by atoms with Gasteiger partial charge in [-0.1, -0.05) is 52.0 Å². The molecule has 1 aromatic heterocycles. The first-order valence-electron chi connectivity index (χ1n) is 9.92. The summed E-state index contributed by atoms with van der Waals surface area (Å²) < 4.78 is 0. The van der Waals surface area contributed by atoms with Gasteiger partial charge >= 0.3 is 0 Å². The lowest BCUT2D eigenvalue weighted by molar-refractivity contribution is 0.102. The molecular weight excluding hydrogens is 374 g/mol. The molecule has 152 valence electrons. The number of amides is 1. The van der Waals surface area contributed by atoms with Crippen molar-refractivity contribution in [2.45, 2.75) is 39.5 Å². The number of rotatable bonds is 6. The molecule has 3 rings (SSSR count). The zero-order valence-corrected chi connectivity index (χ0v) is 17.6. The Labute approximate surface area is 177 Å². The fourth-order valence-corrected chi connectivity index (χ4v) is 3.19. The second-order valence-electron chi connectivity index (χ2n) is 7.69. The summed E-state index contributed by atoms with van der Waals surface area (Å²) in [4.78, 5) is 21.4. The van der Waals surface area contributed by atoms with E-state index in [1.807, 2.05) is 24.3 Å². The lowest BCUT2D eigenvalue weighted by Gasteiger charge is -2.20. The number of carbonyl (C=O) groups is 1. The van der Waals surface area contributed by atoms with Crippen LogP contribution in [0, 0.1) is 11.3 Å². The topological polar surface area (TPSA) is 90.7 Å². The second-order valence-corrected chi connectivity index (χ2v) is 7.69. The Morgan fingerprint density at radius 2 is 1.57 bits per heavy atom. The molecule has 0 atom stereocenters. The molecule has 0 unspecified atom stereocenters. The van der Waals surface area contributed by atoms with Gasteiger partial charge in [-0.3, -0.25) is 4.79 Å². The molecule has 30 heavy (non-hydrogen) atoms. The normalized spacial score (nSPS) is 10.7. The smallest absolute Gasteiger partial charge is 0.258 e. The fraction of sp³-hybridized carbons (Fsp3) is 0.250. The van der Waals surface area contributed by atoms with Crippen molar-refractivity contribution in [3.63, 3.8) is 0 Å². The summed E-state index contributed by atoms with van der Waals surface area (Å²) in [5.41, 5.74) is 4.69. The highest BCUT2D eigenvalue weighted by molar-refractivity contribution is 6.04. The number of benzene rings is 2. The fourth-order valence-electron chi connectivity index (χ4n) is 3.19. The molecule has 0 saturated carbocycles. The Hall–Kier alpha value is -3.72. The van der Waals surface area contributed by atoms with Crippen LogP contribution in [-0.2, 0) is 0 Å². The maximum Gasteiger partial charge on any atom is 0.258 e. The van der Waals surface area contributed by atoms with Crippen molar-refractivity contribution in [1.29, 1.82) is 5.26 Å². The van der Waals surface area contributed by atoms with Crippen molar-refractivity contribution in [2.24, 2.45) is 0 Å². The Morgan fingerprint density at radius 1 is 0.967 bits per heavy atom. The molecule has 6 heteroatoms. The molecule has 0 spiro atoms. The van der Waals surface area contributed by atoms with E-state index < -0.39 is 0 Å². The van der Waals surface area contributed by atoms with Crippen LogP contribution in [0.25, 0.3) is 0 Å². The molecule has 0 aliphatic carbocycles. The van der Waals surface area contributed by atoms with Gasteiger partial charge in [0.2, 0.25) is 5.95 Å². The highest BCUT2D eigenvalue weighted by Gasteiger charge is 2.17. The summed E-state index contributed by atoms with van der Waals surface area (Å²) in [5, 5.41) is 15.1. The Bertz CT molecular complexity index is 1060. The van der Waals surface area contributed by atoms with Gasteiger partial charge in [0.05, 0.1) is 17.2 Å². The molecule has 1 heterocycles. The third-order valence-corrected chi connectivity index (χ3v) is 4.77. The van der Waals surface area contributed by atoms with Crippen molar-refractivity contribution in [3.8, 4) is 6.07 Å². The number of nitriles is 1. The lowest BCUT2D eigenvalue weighted by atomic mass is 9.92. The first kappa shape index (κ1) is 21.0. The second kappa shape index (κ2) is 9.19. The van der Waals surface area contributed by atoms with Crippen LogP contribution in [0.2, 0.25) is 0 Å². The number of nitrogens with one attached hydrogen (secondary N) is 2. The van der Waals surface area contributed by atoms with Gasteiger partial charge in [0, 0.05) is 23.8 Å². The Balaban J connectivity index is 1.79. The van der Waals surface area contributed by atoms with Gasteiger partial charge in [0.1, 0.15) is 0 Å². The van der Waals surface area contributed by atoms with Crippen LogP contribution in [0.1, 0.15) is 66.6 Å². The maximum atomic E-state index is 12.9. The van der Waals surface area contributed by atoms with Crippen LogP contribution >= 0.6 is 0 Å². The first-order valence-corrected chi connectivity index (χ1v) is 9.92. The largest absolute Gasteiger partial charge is 0.324 e. The van der Waals surface area contributed by atoms with Crippen LogP contribution in [0.5, 0.6) is 0 Å². The predicted molar refractivity (Wildman–Crippen MR) is 119 cm³/mol. The molecule has 0 fully saturated rings. The summed E-state index contributed by atoms with van der Waals surface area (Å²) in [7, 11) is 0. The molecule has 0 aliphatic heterocycles. The van der Waals surface area contributed by atoms with E-state index in [1.54, 1.807) is 18.2 Å². The average Bonchev–Trinajstić information content (AvgIpc) is 2.74. The van der Waals surface area contributed by atoms with Gasteiger partial charge in [0.25, 0.3) is 5.91 Å². The lowest BCUT2D eigenvalue weighted by Crippen LogP contribution is -2.16. The predicted octanol–water partition coefficient (Wildman–Crippen LogP) is 5.59. The van der Waals surface area contributed by atoms with Crippen molar-refractivity contribution >= 4 is 23.2 Å². The van der Waals surface area contributed by atoms with Crippen LogP contribution < -0.4 is 10.6 Å². The van der Waals surface area contributed by atoms with E-state index >= 15 is 0 Å². The van der Waals surface area contributed by atoms with E-state index in [1.165, 1.54) is 12.4 Å². The number of anilines is 3. The zero-order chi connectivity index (χ0) is 21.7. The molecule has 0 bridgehead atoms. The van der Waals surface area contributed by atoms with Crippen LogP contribution in [0.3, 0.4) is 0 Å². The van der Waals surface area contributed by atoms with Gasteiger partial charge < -0.3 is 10.6 Å². The zero-order valence-electron chi connectivity index (χ0n) is 17.6. The van der Waals surface area contributed by atoms with Gasteiger partial charge in [-0.2, -0.15) is 5.26 Å². The van der Waals surface area contributed by atoms with Crippen molar-refractivity contribution in [2.75, 3.05) is 10.6 Å². The molecule has 6 nitrogen and oxygen atoms in total. The quantitative estimate of drug-likeness (QED) is 0.564. The third-order valence-electron chi connectivity index (χ3n) is 4.77. The number of para-hydroxylation sites is 1. The SMILES string of the molecule is CC(C)c1cccc(C(C)C)c1NC(=O)c1cnc(Nc2cccc(C#N)c2)nc1. The molecule has 0 aliphatic rings. The van der Waals surface area contributed by atoms with E-state index in [4.69, 9.17) is 5.26 Å². The number of hydrogen-bond donors (Lipinski definition) is 2. The summed E-state index contributed by atoms with van der Waals surface area (Å²) in [6.45, 7) is 8.44. The molecule has 0 radical (unpaired) electrons. The van der Waals surface area contributed by atoms with E-state index in [2.05, 4.69) is 54.4 Å². The summed E-state index contributed by atoms with van der Waals surface area (Å²) in [6, 6.07) is 15.2. The van der Waals surface area contributed by atoms with E-state index in [9.17, 15) is 4.79 Å². The molecular formula is C24H25N5O. The highest BCUT2D eigenvalue weighted by Crippen LogP contribution is 2.32. The maximum absolute atomic E-state index is 12.9. The van der Waals surface area contributed by atoms with Gasteiger partial charge in [0.15, 0.2) is 0 Å². The minimum atomic E-state index is -0.247.